The Hall–Kier alpha value is -1.94. The van der Waals surface area contributed by atoms with Gasteiger partial charge in [0.2, 0.25) is 5.13 Å². The molecule has 1 aromatic carbocycles. The second kappa shape index (κ2) is 7.18. The number of anilines is 2. The normalized spacial score (nSPS) is 10.6. The highest BCUT2D eigenvalue weighted by molar-refractivity contribution is 8.01. The van der Waals surface area contributed by atoms with E-state index in [1.807, 2.05) is 0 Å². The van der Waals surface area contributed by atoms with Crippen LogP contribution in [0, 0.1) is 0 Å². The molecule has 2 aromatic rings. The van der Waals surface area contributed by atoms with Crippen LogP contribution in [0.5, 0.6) is 5.75 Å². The Labute approximate surface area is 126 Å². The quantitative estimate of drug-likeness (QED) is 0.753. The number of halogens is 2. The van der Waals surface area contributed by atoms with Crippen molar-refractivity contribution in [2.45, 2.75) is 11.0 Å². The highest BCUT2D eigenvalue weighted by Crippen LogP contribution is 2.28. The molecule has 0 unspecified atom stereocenters. The summed E-state index contributed by atoms with van der Waals surface area (Å²) in [5.41, 5.74) is 0.627. The van der Waals surface area contributed by atoms with Crippen molar-refractivity contribution in [3.63, 3.8) is 0 Å². The predicted molar refractivity (Wildman–Crippen MR) is 74.6 cm³/mol. The Bertz CT molecular complexity index is 607. The van der Waals surface area contributed by atoms with E-state index >= 15 is 0 Å². The van der Waals surface area contributed by atoms with Gasteiger partial charge in [-0.2, -0.15) is 8.78 Å². The highest BCUT2D eigenvalue weighted by atomic mass is 32.2. The molecular weight excluding hydrogens is 324 g/mol. The van der Waals surface area contributed by atoms with Crippen LogP contribution >= 0.6 is 23.1 Å². The number of hydrogen-bond donors (Lipinski definition) is 2. The van der Waals surface area contributed by atoms with Crippen molar-refractivity contribution in [2.24, 2.45) is 0 Å². The number of carbonyl (C=O) groups is 1. The van der Waals surface area contributed by atoms with Gasteiger partial charge in [0.25, 0.3) is 0 Å². The summed E-state index contributed by atoms with van der Waals surface area (Å²) >= 11 is 2.27. The Morgan fingerprint density at radius 3 is 2.71 bits per heavy atom. The number of ether oxygens (including phenoxy) is 1. The lowest BCUT2D eigenvalue weighted by molar-refractivity contribution is -0.133. The van der Waals surface area contributed by atoms with E-state index in [0.29, 0.717) is 15.2 Å². The maximum absolute atomic E-state index is 12.0. The topological polar surface area (TPSA) is 84.3 Å². The minimum atomic E-state index is -2.86. The van der Waals surface area contributed by atoms with E-state index in [9.17, 15) is 13.6 Å². The number of carboxylic acids is 1. The van der Waals surface area contributed by atoms with Crippen LogP contribution in [-0.4, -0.2) is 33.6 Å². The summed E-state index contributed by atoms with van der Waals surface area (Å²) in [6, 6.07) is 5.91. The summed E-state index contributed by atoms with van der Waals surface area (Å²) in [5, 5.41) is 19.6. The Balaban J connectivity index is 1.93. The molecule has 0 aliphatic heterocycles. The maximum atomic E-state index is 12.0. The van der Waals surface area contributed by atoms with Crippen LogP contribution in [0.4, 0.5) is 19.6 Å². The van der Waals surface area contributed by atoms with Crippen LogP contribution in [0.2, 0.25) is 0 Å². The Morgan fingerprint density at radius 2 is 2.10 bits per heavy atom. The summed E-state index contributed by atoms with van der Waals surface area (Å²) in [4.78, 5) is 10.4. The van der Waals surface area contributed by atoms with E-state index in [-0.39, 0.29) is 11.5 Å². The first kappa shape index (κ1) is 15.4. The second-order valence-electron chi connectivity index (χ2n) is 3.58. The van der Waals surface area contributed by atoms with Crippen LogP contribution in [0.25, 0.3) is 0 Å². The molecule has 0 spiro atoms. The van der Waals surface area contributed by atoms with Gasteiger partial charge in [-0.15, -0.1) is 10.2 Å². The van der Waals surface area contributed by atoms with Gasteiger partial charge in [0.05, 0.1) is 5.75 Å². The lowest BCUT2D eigenvalue weighted by Crippen LogP contribution is -2.01. The van der Waals surface area contributed by atoms with Crippen LogP contribution in [0.1, 0.15) is 0 Å². The number of rotatable bonds is 7. The Kier molecular flexibility index (Phi) is 5.28. The number of benzene rings is 1. The lowest BCUT2D eigenvalue weighted by Gasteiger charge is -2.05. The first-order valence-electron chi connectivity index (χ1n) is 5.53. The van der Waals surface area contributed by atoms with E-state index < -0.39 is 12.6 Å². The molecule has 0 saturated carbocycles. The van der Waals surface area contributed by atoms with Crippen molar-refractivity contribution >= 4 is 39.9 Å². The molecule has 0 amide bonds. The number of nitrogens with one attached hydrogen (secondary N) is 1. The summed E-state index contributed by atoms with van der Waals surface area (Å²) in [7, 11) is 0. The average molecular weight is 333 g/mol. The third kappa shape index (κ3) is 5.16. The average Bonchev–Trinajstić information content (AvgIpc) is 2.86. The molecule has 1 aromatic heterocycles. The molecule has 1 heterocycles. The van der Waals surface area contributed by atoms with Crippen molar-refractivity contribution in [2.75, 3.05) is 11.1 Å². The van der Waals surface area contributed by atoms with Crippen molar-refractivity contribution < 1.29 is 23.4 Å². The van der Waals surface area contributed by atoms with E-state index in [0.717, 1.165) is 11.8 Å². The van der Waals surface area contributed by atoms with Crippen molar-refractivity contribution in [3.05, 3.63) is 24.3 Å². The van der Waals surface area contributed by atoms with E-state index in [2.05, 4.69) is 20.3 Å². The van der Waals surface area contributed by atoms with Gasteiger partial charge < -0.3 is 15.2 Å². The van der Waals surface area contributed by atoms with Crippen molar-refractivity contribution in [1.29, 1.82) is 0 Å². The fraction of sp³-hybridized carbons (Fsp3) is 0.182. The predicted octanol–water partition coefficient (Wildman–Crippen LogP) is 3.06. The van der Waals surface area contributed by atoms with Gasteiger partial charge in [-0.3, -0.25) is 4.79 Å². The zero-order chi connectivity index (χ0) is 15.2. The monoisotopic (exact) mass is 333 g/mol. The molecule has 21 heavy (non-hydrogen) atoms. The van der Waals surface area contributed by atoms with E-state index in [1.54, 1.807) is 12.1 Å². The number of carboxylic acid groups (broad SMARTS) is 1. The minimum absolute atomic E-state index is 0.0607. The largest absolute Gasteiger partial charge is 0.481 e. The van der Waals surface area contributed by atoms with E-state index in [4.69, 9.17) is 5.11 Å². The van der Waals surface area contributed by atoms with Gasteiger partial charge in [0.15, 0.2) is 4.34 Å². The van der Waals surface area contributed by atoms with Gasteiger partial charge in [-0.1, -0.05) is 23.1 Å². The van der Waals surface area contributed by atoms with E-state index in [1.165, 1.54) is 23.5 Å². The van der Waals surface area contributed by atoms with Gasteiger partial charge >= 0.3 is 12.6 Å². The van der Waals surface area contributed by atoms with Crippen LogP contribution in [-0.2, 0) is 4.79 Å². The summed E-state index contributed by atoms with van der Waals surface area (Å²) in [6.45, 7) is -2.86. The lowest BCUT2D eigenvalue weighted by atomic mass is 10.3. The standard InChI is InChI=1S/C11H9F2N3O3S2/c12-9(13)19-7-3-1-6(2-4-7)14-10-15-16-11(21-10)20-5-8(17)18/h1-4,9H,5H2,(H,14,15)(H,17,18). The molecule has 0 atom stereocenters. The molecule has 2 N–H and O–H groups in total. The SMILES string of the molecule is O=C(O)CSc1nnc(Nc2ccc(OC(F)F)cc2)s1. The number of thioether (sulfide) groups is 1. The summed E-state index contributed by atoms with van der Waals surface area (Å²) in [6.07, 6.45) is 0. The molecular formula is C11H9F2N3O3S2. The smallest absolute Gasteiger partial charge is 0.387 e. The molecule has 0 aliphatic carbocycles. The molecule has 0 fully saturated rings. The molecule has 0 radical (unpaired) electrons. The van der Waals surface area contributed by atoms with Gasteiger partial charge in [-0.25, -0.2) is 0 Å². The third-order valence-corrected chi connectivity index (χ3v) is 4.01. The van der Waals surface area contributed by atoms with Crippen molar-refractivity contribution in [1.82, 2.24) is 10.2 Å². The Morgan fingerprint density at radius 1 is 1.38 bits per heavy atom. The van der Waals surface area contributed by atoms with Crippen LogP contribution in [0.3, 0.4) is 0 Å². The van der Waals surface area contributed by atoms with Crippen LogP contribution in [0.15, 0.2) is 28.6 Å². The maximum Gasteiger partial charge on any atom is 0.387 e. The molecule has 2 rings (SSSR count). The fourth-order valence-corrected chi connectivity index (χ4v) is 2.78. The van der Waals surface area contributed by atoms with Crippen LogP contribution < -0.4 is 10.1 Å². The van der Waals surface area contributed by atoms with Crippen molar-refractivity contribution in [3.8, 4) is 5.75 Å². The molecule has 0 saturated heterocycles. The number of alkyl halides is 2. The summed E-state index contributed by atoms with van der Waals surface area (Å²) < 4.78 is 28.8. The fourth-order valence-electron chi connectivity index (χ4n) is 1.29. The number of aromatic nitrogens is 2. The number of nitrogens with zero attached hydrogens (tertiary/aromatic N) is 2. The minimum Gasteiger partial charge on any atom is -0.481 e. The highest BCUT2D eigenvalue weighted by Gasteiger charge is 2.08. The number of hydrogen-bond acceptors (Lipinski definition) is 7. The summed E-state index contributed by atoms with van der Waals surface area (Å²) in [5.74, 6) is -0.960. The van der Waals surface area contributed by atoms with Gasteiger partial charge in [0, 0.05) is 5.69 Å². The van der Waals surface area contributed by atoms with Gasteiger partial charge in [0.1, 0.15) is 5.75 Å². The van der Waals surface area contributed by atoms with Gasteiger partial charge in [-0.05, 0) is 24.3 Å². The first-order chi connectivity index (χ1) is 10.0. The third-order valence-electron chi connectivity index (χ3n) is 2.06. The molecule has 0 bridgehead atoms. The molecule has 112 valence electrons. The number of aliphatic carboxylic acids is 1. The molecule has 10 heteroatoms. The molecule has 0 aliphatic rings. The first-order valence-corrected chi connectivity index (χ1v) is 7.33. The zero-order valence-corrected chi connectivity index (χ0v) is 12.0. The molecule has 6 nitrogen and oxygen atoms in total. The second-order valence-corrected chi connectivity index (χ2v) is 5.78. The zero-order valence-electron chi connectivity index (χ0n) is 10.3.